The first-order chi connectivity index (χ1) is 8.25. The maximum Gasteiger partial charge on any atom is 0.525 e. The lowest BCUT2D eigenvalue weighted by Crippen LogP contribution is -2.41. The van der Waals surface area contributed by atoms with E-state index >= 15 is 0 Å². The molecule has 1 saturated heterocycles. The fourth-order valence-corrected chi connectivity index (χ4v) is 3.17. The van der Waals surface area contributed by atoms with Gasteiger partial charge in [-0.3, -0.25) is 0 Å². The van der Waals surface area contributed by atoms with Crippen LogP contribution in [0, 0.1) is 5.41 Å². The summed E-state index contributed by atoms with van der Waals surface area (Å²) in [6.45, 7) is 7.83. The van der Waals surface area contributed by atoms with Crippen LogP contribution in [0.1, 0.15) is 59.8 Å². The highest BCUT2D eigenvalue weighted by Crippen LogP contribution is 2.59. The third-order valence-corrected chi connectivity index (χ3v) is 5.39. The van der Waals surface area contributed by atoms with E-state index in [0.717, 1.165) is 18.4 Å². The van der Waals surface area contributed by atoms with Crippen molar-refractivity contribution in [2.24, 2.45) is 5.41 Å². The van der Waals surface area contributed by atoms with Crippen LogP contribution >= 0.6 is 0 Å². The van der Waals surface area contributed by atoms with Crippen LogP contribution in [0.2, 0.25) is 0 Å². The highest BCUT2D eigenvalue weighted by atomic mass is 19.1. The molecule has 3 aliphatic rings. The zero-order chi connectivity index (χ0) is 13.2. The van der Waals surface area contributed by atoms with Crippen molar-refractivity contribution in [2.75, 3.05) is 0 Å². The summed E-state index contributed by atoms with van der Waals surface area (Å²) in [6, 6.07) is 0. The van der Waals surface area contributed by atoms with Gasteiger partial charge in [-0.2, -0.15) is 0 Å². The molecule has 3 fully saturated rings. The molecule has 2 nitrogen and oxygen atoms in total. The predicted octanol–water partition coefficient (Wildman–Crippen LogP) is 3.81. The first kappa shape index (κ1) is 12.7. The molecular weight excluding hydrogens is 230 g/mol. The smallest absolute Gasteiger partial charge is 0.398 e. The Morgan fingerprint density at radius 3 is 1.94 bits per heavy atom. The fraction of sp³-hybridized carbons (Fsp3) is 0.857. The van der Waals surface area contributed by atoms with Crippen molar-refractivity contribution < 1.29 is 13.7 Å². The van der Waals surface area contributed by atoms with Gasteiger partial charge in [0.15, 0.2) is 0 Å². The molecule has 2 saturated carbocycles. The first-order valence-electron chi connectivity index (χ1n) is 6.98. The molecule has 0 aromatic carbocycles. The average Bonchev–Trinajstić information content (AvgIpc) is 2.31. The van der Waals surface area contributed by atoms with Gasteiger partial charge in [0.2, 0.25) is 0 Å². The topological polar surface area (TPSA) is 18.5 Å². The van der Waals surface area contributed by atoms with Crippen molar-refractivity contribution in [1.82, 2.24) is 0 Å². The summed E-state index contributed by atoms with van der Waals surface area (Å²) in [5.74, 6) is 0. The molecule has 18 heavy (non-hydrogen) atoms. The Labute approximate surface area is 109 Å². The standard InChI is InChI=1S/C14H22BFO2/c1-12(2)13(3,4)18-15(17-12)11(16)10-8-14(9-10)6-5-7-14/h5-9H2,1-4H3. The summed E-state index contributed by atoms with van der Waals surface area (Å²) in [5.41, 5.74) is 0.316. The van der Waals surface area contributed by atoms with Crippen molar-refractivity contribution >= 4 is 7.12 Å². The molecule has 0 N–H and O–H groups in total. The molecule has 0 aromatic rings. The second-order valence-corrected chi connectivity index (χ2v) is 7.25. The van der Waals surface area contributed by atoms with Crippen molar-refractivity contribution in [1.29, 1.82) is 0 Å². The molecule has 100 valence electrons. The van der Waals surface area contributed by atoms with Gasteiger partial charge in [0.25, 0.3) is 0 Å². The second kappa shape index (κ2) is 3.60. The van der Waals surface area contributed by atoms with Gasteiger partial charge in [-0.15, -0.1) is 0 Å². The van der Waals surface area contributed by atoms with Crippen LogP contribution in [0.15, 0.2) is 11.3 Å². The number of hydrogen-bond acceptors (Lipinski definition) is 2. The molecule has 0 atom stereocenters. The minimum absolute atomic E-state index is 0.161. The molecular formula is C14H22BFO2. The average molecular weight is 252 g/mol. The molecule has 4 heteroatoms. The highest BCUT2D eigenvalue weighted by molar-refractivity contribution is 6.53. The fourth-order valence-electron chi connectivity index (χ4n) is 3.17. The summed E-state index contributed by atoms with van der Waals surface area (Å²) in [6.07, 6.45) is 5.69. The highest BCUT2D eigenvalue weighted by Gasteiger charge is 2.55. The van der Waals surface area contributed by atoms with Crippen LogP contribution in [-0.4, -0.2) is 18.3 Å². The van der Waals surface area contributed by atoms with Crippen LogP contribution in [0.25, 0.3) is 0 Å². The summed E-state index contributed by atoms with van der Waals surface area (Å²) < 4.78 is 25.9. The van der Waals surface area contributed by atoms with Crippen LogP contribution < -0.4 is 0 Å². The molecule has 0 bridgehead atoms. The number of halogens is 1. The van der Waals surface area contributed by atoms with E-state index in [1.165, 1.54) is 19.3 Å². The van der Waals surface area contributed by atoms with Crippen LogP contribution in [0.5, 0.6) is 0 Å². The van der Waals surface area contributed by atoms with Crippen molar-refractivity contribution in [2.45, 2.75) is 71.0 Å². The Balaban J connectivity index is 1.72. The lowest BCUT2D eigenvalue weighted by atomic mass is 9.53. The quantitative estimate of drug-likeness (QED) is 0.661. The summed E-state index contributed by atoms with van der Waals surface area (Å²) >= 11 is 0. The summed E-state index contributed by atoms with van der Waals surface area (Å²) in [7, 11) is -0.789. The van der Waals surface area contributed by atoms with E-state index in [9.17, 15) is 4.39 Å². The van der Waals surface area contributed by atoms with Gasteiger partial charge in [-0.1, -0.05) is 6.42 Å². The normalized spacial score (nSPS) is 31.2. The third kappa shape index (κ3) is 1.69. The second-order valence-electron chi connectivity index (χ2n) is 7.25. The van der Waals surface area contributed by atoms with Crippen molar-refractivity contribution in [3.05, 3.63) is 11.3 Å². The van der Waals surface area contributed by atoms with E-state index in [-0.39, 0.29) is 5.73 Å². The molecule has 0 unspecified atom stereocenters. The predicted molar refractivity (Wildman–Crippen MR) is 69.7 cm³/mol. The number of allylic oxidation sites excluding steroid dienone is 1. The Bertz CT molecular complexity index is 384. The molecule has 0 amide bonds. The van der Waals surface area contributed by atoms with Crippen molar-refractivity contribution in [3.63, 3.8) is 0 Å². The number of hydrogen-bond donors (Lipinski definition) is 0. The number of rotatable bonds is 1. The van der Waals surface area contributed by atoms with Crippen molar-refractivity contribution in [3.8, 4) is 0 Å². The van der Waals surface area contributed by atoms with Gasteiger partial charge in [0, 0.05) is 0 Å². The summed E-state index contributed by atoms with van der Waals surface area (Å²) in [5, 5.41) is 0. The minimum atomic E-state index is -0.789. The zero-order valence-corrected chi connectivity index (χ0v) is 11.8. The van der Waals surface area contributed by atoms with Gasteiger partial charge in [0.05, 0.1) is 11.2 Å². The monoisotopic (exact) mass is 252 g/mol. The Morgan fingerprint density at radius 2 is 1.56 bits per heavy atom. The zero-order valence-electron chi connectivity index (χ0n) is 11.8. The maximum atomic E-state index is 14.4. The summed E-state index contributed by atoms with van der Waals surface area (Å²) in [4.78, 5) is 0. The first-order valence-corrected chi connectivity index (χ1v) is 6.98. The van der Waals surface area contributed by atoms with Gasteiger partial charge >= 0.3 is 7.12 Å². The Morgan fingerprint density at radius 1 is 1.06 bits per heavy atom. The van der Waals surface area contributed by atoms with Gasteiger partial charge in [0.1, 0.15) is 5.73 Å². The van der Waals surface area contributed by atoms with E-state index in [4.69, 9.17) is 9.31 Å². The third-order valence-electron chi connectivity index (χ3n) is 5.39. The van der Waals surface area contributed by atoms with Gasteiger partial charge < -0.3 is 9.31 Å². The maximum absolute atomic E-state index is 14.4. The molecule has 0 radical (unpaired) electrons. The minimum Gasteiger partial charge on any atom is -0.398 e. The van der Waals surface area contributed by atoms with Crippen LogP contribution in [0.3, 0.4) is 0 Å². The van der Waals surface area contributed by atoms with E-state index < -0.39 is 18.3 Å². The molecule has 0 aromatic heterocycles. The van der Waals surface area contributed by atoms with Gasteiger partial charge in [-0.25, -0.2) is 4.39 Å². The molecule has 1 spiro atoms. The molecule has 2 aliphatic carbocycles. The van der Waals surface area contributed by atoms with E-state index in [0.29, 0.717) is 5.41 Å². The molecule has 3 rings (SSSR count). The SMILES string of the molecule is CC1(C)OB(C(F)=C2CC3(CCC3)C2)OC1(C)C. The molecule has 1 aliphatic heterocycles. The van der Waals surface area contributed by atoms with Gasteiger partial charge in [-0.05, 0) is 64.4 Å². The van der Waals surface area contributed by atoms with E-state index in [1.54, 1.807) is 0 Å². The largest absolute Gasteiger partial charge is 0.525 e. The molecule has 1 heterocycles. The lowest BCUT2D eigenvalue weighted by molar-refractivity contribution is 0.00578. The van der Waals surface area contributed by atoms with Crippen LogP contribution in [-0.2, 0) is 9.31 Å². The Hall–Kier alpha value is -0.345. The lowest BCUT2D eigenvalue weighted by Gasteiger charge is -2.51. The van der Waals surface area contributed by atoms with E-state index in [1.807, 2.05) is 27.7 Å². The van der Waals surface area contributed by atoms with E-state index in [2.05, 4.69) is 0 Å². The van der Waals surface area contributed by atoms with Crippen LogP contribution in [0.4, 0.5) is 4.39 Å². The Kier molecular flexibility index (Phi) is 2.54.